The molecule has 3 aromatic rings. The van der Waals surface area contributed by atoms with Crippen LogP contribution in [-0.2, 0) is 4.79 Å². The molecule has 0 aliphatic heterocycles. The molecule has 3 heterocycles. The second-order valence-corrected chi connectivity index (χ2v) is 7.96. The fraction of sp³-hybridized carbons (Fsp3) is 0.400. The zero-order chi connectivity index (χ0) is 21.0. The lowest BCUT2D eigenvalue weighted by atomic mass is 9.61. The van der Waals surface area contributed by atoms with Crippen molar-refractivity contribution >= 4 is 22.8 Å². The predicted octanol–water partition coefficient (Wildman–Crippen LogP) is 2.40. The lowest BCUT2D eigenvalue weighted by Gasteiger charge is -2.49. The van der Waals surface area contributed by atoms with Crippen molar-refractivity contribution in [3.63, 3.8) is 0 Å². The smallest absolute Gasteiger partial charge is 0.181 e. The van der Waals surface area contributed by atoms with Crippen LogP contribution in [0.1, 0.15) is 25.7 Å². The van der Waals surface area contributed by atoms with Crippen LogP contribution in [0.4, 0.5) is 19.0 Å². The highest BCUT2D eigenvalue weighted by atomic mass is 19.1. The standard InChI is InChI=1S/C20H18F3N5O2/c21-10-5-11-16(27-28-18(11)24-7-10)17-12(22)6-13(23)19(26-17)25-15-9-3-1-8(2-4-9)14(15)20(29)30/h5-9,14-15H,1-4H2,(H,25,26)(H,29,30)(H,24,27,28)/p-1/t8?,9?,14-,15-/m0/s1. The molecule has 156 valence electrons. The highest BCUT2D eigenvalue weighted by molar-refractivity contribution is 5.90. The van der Waals surface area contributed by atoms with Crippen LogP contribution in [0.2, 0.25) is 0 Å². The number of aromatic nitrogens is 4. The molecule has 0 spiro atoms. The van der Waals surface area contributed by atoms with Crippen LogP contribution in [0, 0.1) is 35.2 Å². The number of carbonyl (C=O) groups excluding carboxylic acids is 1. The minimum atomic E-state index is -1.18. The number of carbonyl (C=O) groups is 1. The van der Waals surface area contributed by atoms with Crippen LogP contribution in [0.5, 0.6) is 0 Å². The van der Waals surface area contributed by atoms with Crippen LogP contribution < -0.4 is 10.4 Å². The molecule has 3 aromatic heterocycles. The molecule has 2 N–H and O–H groups in total. The Bertz CT molecular complexity index is 1140. The second kappa shape index (κ2) is 6.96. The number of pyridine rings is 2. The zero-order valence-electron chi connectivity index (χ0n) is 15.7. The molecule has 2 atom stereocenters. The summed E-state index contributed by atoms with van der Waals surface area (Å²) in [6.07, 6.45) is 4.23. The van der Waals surface area contributed by atoms with Gasteiger partial charge in [0, 0.05) is 24.0 Å². The van der Waals surface area contributed by atoms with Crippen LogP contribution in [0.3, 0.4) is 0 Å². The lowest BCUT2D eigenvalue weighted by Crippen LogP contribution is -2.55. The Morgan fingerprint density at radius 1 is 1.10 bits per heavy atom. The van der Waals surface area contributed by atoms with E-state index in [1.54, 1.807) is 0 Å². The van der Waals surface area contributed by atoms with Crippen molar-refractivity contribution in [1.82, 2.24) is 20.2 Å². The second-order valence-electron chi connectivity index (χ2n) is 7.96. The van der Waals surface area contributed by atoms with Crippen molar-refractivity contribution in [1.29, 1.82) is 0 Å². The third-order valence-corrected chi connectivity index (χ3v) is 6.34. The number of rotatable bonds is 4. The molecule has 0 saturated heterocycles. The van der Waals surface area contributed by atoms with Gasteiger partial charge in [-0.1, -0.05) is 0 Å². The molecule has 10 heteroatoms. The van der Waals surface area contributed by atoms with Crippen LogP contribution >= 0.6 is 0 Å². The maximum atomic E-state index is 14.6. The number of carboxylic acid groups (broad SMARTS) is 1. The van der Waals surface area contributed by atoms with Crippen molar-refractivity contribution < 1.29 is 23.1 Å². The van der Waals surface area contributed by atoms with Crippen molar-refractivity contribution in [2.45, 2.75) is 31.7 Å². The van der Waals surface area contributed by atoms with Gasteiger partial charge in [0.1, 0.15) is 11.5 Å². The highest BCUT2D eigenvalue weighted by Crippen LogP contribution is 2.46. The normalized spacial score (nSPS) is 25.6. The maximum absolute atomic E-state index is 14.6. The lowest BCUT2D eigenvalue weighted by molar-refractivity contribution is -0.316. The predicted molar refractivity (Wildman–Crippen MR) is 98.3 cm³/mol. The van der Waals surface area contributed by atoms with Gasteiger partial charge < -0.3 is 15.2 Å². The summed E-state index contributed by atoms with van der Waals surface area (Å²) in [5.74, 6) is -4.74. The van der Waals surface area contributed by atoms with E-state index in [9.17, 15) is 23.1 Å². The minimum Gasteiger partial charge on any atom is -0.550 e. The van der Waals surface area contributed by atoms with Gasteiger partial charge in [-0.25, -0.2) is 23.1 Å². The molecule has 3 saturated carbocycles. The molecule has 3 aliphatic carbocycles. The van der Waals surface area contributed by atoms with Gasteiger partial charge in [0.15, 0.2) is 23.1 Å². The fourth-order valence-corrected chi connectivity index (χ4v) is 4.95. The van der Waals surface area contributed by atoms with E-state index in [2.05, 4.69) is 25.5 Å². The van der Waals surface area contributed by atoms with Gasteiger partial charge in [0.25, 0.3) is 0 Å². The summed E-state index contributed by atoms with van der Waals surface area (Å²) in [5, 5.41) is 21.3. The number of nitrogens with zero attached hydrogens (tertiary/aromatic N) is 3. The fourth-order valence-electron chi connectivity index (χ4n) is 4.95. The summed E-state index contributed by atoms with van der Waals surface area (Å²) in [5.41, 5.74) is -0.0491. The highest BCUT2D eigenvalue weighted by Gasteiger charge is 2.44. The molecule has 0 unspecified atom stereocenters. The molecule has 3 aliphatic rings. The monoisotopic (exact) mass is 416 g/mol. The number of nitrogens with one attached hydrogen (secondary N) is 2. The molecule has 7 nitrogen and oxygen atoms in total. The van der Waals surface area contributed by atoms with E-state index in [4.69, 9.17) is 0 Å². The number of hydrogen-bond donors (Lipinski definition) is 2. The number of aliphatic carboxylic acids is 1. The van der Waals surface area contributed by atoms with E-state index in [0.29, 0.717) is 6.07 Å². The Labute approximate surface area is 168 Å². The molecular formula is C20H17F3N5O2-. The average molecular weight is 416 g/mol. The van der Waals surface area contributed by atoms with Crippen LogP contribution in [0.25, 0.3) is 22.4 Å². The van der Waals surface area contributed by atoms with Crippen molar-refractivity contribution in [2.75, 3.05) is 5.32 Å². The topological polar surface area (TPSA) is 107 Å². The van der Waals surface area contributed by atoms with Crippen molar-refractivity contribution in [3.05, 3.63) is 35.8 Å². The average Bonchev–Trinajstić information content (AvgIpc) is 3.13. The van der Waals surface area contributed by atoms with Gasteiger partial charge in [-0.05, 0) is 43.6 Å². The zero-order valence-corrected chi connectivity index (χ0v) is 15.7. The molecule has 30 heavy (non-hydrogen) atoms. The number of anilines is 1. The Morgan fingerprint density at radius 2 is 1.83 bits per heavy atom. The van der Waals surface area contributed by atoms with Gasteiger partial charge >= 0.3 is 0 Å². The van der Waals surface area contributed by atoms with Gasteiger partial charge in [-0.2, -0.15) is 5.10 Å². The van der Waals surface area contributed by atoms with Gasteiger partial charge in [0.2, 0.25) is 0 Å². The van der Waals surface area contributed by atoms with E-state index in [1.165, 1.54) is 0 Å². The summed E-state index contributed by atoms with van der Waals surface area (Å²) in [4.78, 5) is 19.6. The first-order chi connectivity index (χ1) is 14.4. The molecule has 3 fully saturated rings. The third-order valence-electron chi connectivity index (χ3n) is 6.34. The van der Waals surface area contributed by atoms with E-state index in [1.807, 2.05) is 0 Å². The van der Waals surface area contributed by atoms with E-state index < -0.39 is 35.4 Å². The van der Waals surface area contributed by atoms with E-state index >= 15 is 0 Å². The number of halogens is 3. The van der Waals surface area contributed by atoms with Crippen LogP contribution in [0.15, 0.2) is 18.3 Å². The minimum absolute atomic E-state index is 0.0360. The first-order valence-corrected chi connectivity index (χ1v) is 9.76. The van der Waals surface area contributed by atoms with Gasteiger partial charge in [0.05, 0.1) is 17.3 Å². The SMILES string of the molecule is O=C([O-])[C@H]1C2CCC(CC2)[C@@H]1Nc1nc(-c2[nH]nc3ncc(F)cc23)c(F)cc1F. The number of carboxylic acids is 1. The Hall–Kier alpha value is -3.17. The number of H-pyrrole nitrogens is 1. The first kappa shape index (κ1) is 18.8. The maximum Gasteiger partial charge on any atom is 0.181 e. The largest absolute Gasteiger partial charge is 0.550 e. The first-order valence-electron chi connectivity index (χ1n) is 9.76. The van der Waals surface area contributed by atoms with E-state index in [-0.39, 0.29) is 40.1 Å². The van der Waals surface area contributed by atoms with Crippen molar-refractivity contribution in [3.8, 4) is 11.4 Å². The quantitative estimate of drug-likeness (QED) is 0.677. The Balaban J connectivity index is 1.55. The van der Waals surface area contributed by atoms with Gasteiger partial charge in [-0.15, -0.1) is 0 Å². The molecule has 2 bridgehead atoms. The van der Waals surface area contributed by atoms with E-state index in [0.717, 1.165) is 37.9 Å². The molecule has 0 amide bonds. The van der Waals surface area contributed by atoms with Crippen molar-refractivity contribution in [2.24, 2.45) is 17.8 Å². The Kier molecular flexibility index (Phi) is 4.37. The summed E-state index contributed by atoms with van der Waals surface area (Å²) in [7, 11) is 0. The molecule has 0 radical (unpaired) electrons. The summed E-state index contributed by atoms with van der Waals surface area (Å²) >= 11 is 0. The summed E-state index contributed by atoms with van der Waals surface area (Å²) < 4.78 is 42.7. The Morgan fingerprint density at radius 3 is 2.57 bits per heavy atom. The third kappa shape index (κ3) is 2.98. The van der Waals surface area contributed by atoms with Gasteiger partial charge in [-0.3, -0.25) is 5.10 Å². The molecule has 0 aromatic carbocycles. The summed E-state index contributed by atoms with van der Waals surface area (Å²) in [6.45, 7) is 0. The van der Waals surface area contributed by atoms with Crippen LogP contribution in [-0.4, -0.2) is 32.2 Å². The number of hydrogen-bond acceptors (Lipinski definition) is 6. The number of aromatic amines is 1. The molecular weight excluding hydrogens is 399 g/mol. The molecule has 6 rings (SSSR count). The summed E-state index contributed by atoms with van der Waals surface area (Å²) in [6, 6.07) is 1.24. The number of fused-ring (bicyclic) bond motifs is 4.